The Kier molecular flexibility index (Phi) is 8.94. The van der Waals surface area contributed by atoms with Gasteiger partial charge in [-0.2, -0.15) is 0 Å². The molecule has 190 valence electrons. The molecule has 6 rings (SSSR count). The van der Waals surface area contributed by atoms with E-state index in [9.17, 15) is 0 Å². The largest absolute Gasteiger partial charge is 1.00 e. The normalized spacial score (nSPS) is 12.4. The second-order valence-corrected chi connectivity index (χ2v) is 16.3. The zero-order valence-electron chi connectivity index (χ0n) is 22.4. The van der Waals surface area contributed by atoms with Crippen LogP contribution in [0.15, 0.2) is 100 Å². The van der Waals surface area contributed by atoms with E-state index >= 15 is 0 Å². The first-order chi connectivity index (χ1) is 17.5. The molecule has 38 heavy (non-hydrogen) atoms. The predicted molar refractivity (Wildman–Crippen MR) is 151 cm³/mol. The van der Waals surface area contributed by atoms with Crippen LogP contribution in [0, 0.1) is 27.7 Å². The number of hydrogen-bond acceptors (Lipinski definition) is 0. The van der Waals surface area contributed by atoms with E-state index in [1.54, 1.807) is 15.3 Å². The molecule has 0 amide bonds. The predicted octanol–water partition coefficient (Wildman–Crippen LogP) is 1.86. The van der Waals surface area contributed by atoms with Crippen molar-refractivity contribution >= 4 is 6.48 Å². The molecule has 0 aliphatic heterocycles. The molecule has 2 aliphatic carbocycles. The Hall–Kier alpha value is -2.31. The molecule has 3 heteroatoms. The van der Waals surface area contributed by atoms with Crippen molar-refractivity contribution in [3.05, 3.63) is 145 Å². The number of rotatable bonds is 4. The van der Waals surface area contributed by atoms with Crippen LogP contribution in [0.25, 0.3) is 11.1 Å². The summed E-state index contributed by atoms with van der Waals surface area (Å²) >= 11 is -2.59. The van der Waals surface area contributed by atoms with Gasteiger partial charge in [-0.15, -0.1) is 0 Å². The summed E-state index contributed by atoms with van der Waals surface area (Å²) in [6, 6.07) is 30.3. The van der Waals surface area contributed by atoms with Crippen molar-refractivity contribution in [1.29, 1.82) is 0 Å². The van der Waals surface area contributed by atoms with Crippen molar-refractivity contribution in [2.75, 3.05) is 0 Å². The number of allylic oxidation sites excluding steroid dienone is 4. The van der Waals surface area contributed by atoms with Gasteiger partial charge in [-0.05, 0) is 0 Å². The molecule has 0 fully saturated rings. The molecule has 0 nitrogen and oxygen atoms in total. The second-order valence-electron chi connectivity index (χ2n) is 10.4. The number of fused-ring (bicyclic) bond motifs is 3. The van der Waals surface area contributed by atoms with E-state index in [-0.39, 0.29) is 24.8 Å². The Morgan fingerprint density at radius 1 is 0.684 bits per heavy atom. The van der Waals surface area contributed by atoms with Crippen molar-refractivity contribution in [3.63, 3.8) is 0 Å². The number of halogens is 2. The number of hydrogen-bond donors (Lipinski definition) is 0. The third kappa shape index (κ3) is 5.27. The summed E-state index contributed by atoms with van der Waals surface area (Å²) in [5.41, 5.74) is 14.3. The molecule has 2 aliphatic rings. The van der Waals surface area contributed by atoms with Crippen LogP contribution >= 0.6 is 0 Å². The summed E-state index contributed by atoms with van der Waals surface area (Å²) in [6.45, 7) is 9.02. The summed E-state index contributed by atoms with van der Waals surface area (Å²) in [4.78, 5) is 0. The molecule has 4 aromatic rings. The van der Waals surface area contributed by atoms with Crippen LogP contribution in [-0.4, -0.2) is 3.21 Å². The van der Waals surface area contributed by atoms with Crippen LogP contribution in [0.5, 0.6) is 0 Å². The average Bonchev–Trinajstić information content (AvgIpc) is 3.50. The first-order valence-corrected chi connectivity index (χ1v) is 16.7. The van der Waals surface area contributed by atoms with E-state index in [1.807, 2.05) is 0 Å². The number of aryl methyl sites for hydroxylation is 4. The van der Waals surface area contributed by atoms with Gasteiger partial charge in [-0.1, -0.05) is 0 Å². The molecule has 4 aromatic carbocycles. The Balaban J connectivity index is 0.00000168. The summed E-state index contributed by atoms with van der Waals surface area (Å²) < 4.78 is 4.99. The Labute approximate surface area is 247 Å². The van der Waals surface area contributed by atoms with Gasteiger partial charge in [0.25, 0.3) is 0 Å². The van der Waals surface area contributed by atoms with Crippen molar-refractivity contribution < 1.29 is 46.1 Å². The molecule has 0 heterocycles. The average molecular weight is 615 g/mol. The molecular formula is C35H32Cl2Zr. The minimum absolute atomic E-state index is 0. The molecule has 0 saturated carbocycles. The molecule has 0 aromatic heterocycles. The minimum Gasteiger partial charge on any atom is -1.00 e. The summed E-state index contributed by atoms with van der Waals surface area (Å²) in [6.07, 6.45) is 9.24. The molecular weight excluding hydrogens is 583 g/mol. The van der Waals surface area contributed by atoms with Gasteiger partial charge in [-0.3, -0.25) is 0 Å². The molecule has 0 bridgehead atoms. The third-order valence-electron chi connectivity index (χ3n) is 7.65. The van der Waals surface area contributed by atoms with E-state index in [1.165, 1.54) is 50.1 Å². The van der Waals surface area contributed by atoms with E-state index < -0.39 is 21.3 Å². The van der Waals surface area contributed by atoms with Crippen molar-refractivity contribution in [2.24, 2.45) is 0 Å². The van der Waals surface area contributed by atoms with Crippen LogP contribution in [0.4, 0.5) is 0 Å². The maximum Gasteiger partial charge on any atom is -1.00 e. The first-order valence-electron chi connectivity index (χ1n) is 13.0. The van der Waals surface area contributed by atoms with E-state index in [2.05, 4.69) is 125 Å². The molecule has 0 spiro atoms. The quantitative estimate of drug-likeness (QED) is 0.290. The monoisotopic (exact) mass is 612 g/mol. The SMILES string of the molecule is Cc1cccc([C](c2cccc(C)c2)=[Zr+2]([C]2=CC=CC2)[c]2c(C)ccc3c2Cc2cc(C)ccc2-3)c1.[Cl-].[Cl-]. The topological polar surface area (TPSA) is 0 Å². The van der Waals surface area contributed by atoms with Crippen LogP contribution in [0.2, 0.25) is 0 Å². The van der Waals surface area contributed by atoms with Gasteiger partial charge in [0.05, 0.1) is 0 Å². The summed E-state index contributed by atoms with van der Waals surface area (Å²) in [7, 11) is 0. The van der Waals surface area contributed by atoms with Crippen molar-refractivity contribution in [2.45, 2.75) is 40.5 Å². The van der Waals surface area contributed by atoms with Crippen LogP contribution in [-0.2, 0) is 27.7 Å². The van der Waals surface area contributed by atoms with Crippen LogP contribution < -0.4 is 28.1 Å². The van der Waals surface area contributed by atoms with Crippen LogP contribution in [0.1, 0.15) is 50.9 Å². The first kappa shape index (κ1) is 28.7. The maximum absolute atomic E-state index is 2.59. The Bertz CT molecular complexity index is 1570. The zero-order valence-corrected chi connectivity index (χ0v) is 26.4. The summed E-state index contributed by atoms with van der Waals surface area (Å²) in [5.74, 6) is 0. The van der Waals surface area contributed by atoms with E-state index in [4.69, 9.17) is 0 Å². The molecule has 0 unspecified atom stereocenters. The van der Waals surface area contributed by atoms with E-state index in [0.29, 0.717) is 0 Å². The molecule has 0 atom stereocenters. The molecule has 0 saturated heterocycles. The standard InChI is InChI=1S/C15H13.C15H14.C5H5.2ClH.Zr/c1-10-3-5-14-12(7-10)9-13-8-11(2)4-6-15(13)14;1-12-5-3-7-14(9-12)11-15-8-4-6-13(2)10-15;1-2-4-5-3-1;;;/h3-7H,9H2,1-2H3;3-10H,1-2H3;1-3H,4H2;2*1H;/q;;;;;+2/p-2. The Morgan fingerprint density at radius 3 is 1.92 bits per heavy atom. The third-order valence-corrected chi connectivity index (χ3v) is 15.7. The maximum atomic E-state index is 2.45. The van der Waals surface area contributed by atoms with Gasteiger partial charge in [-0.25, -0.2) is 0 Å². The van der Waals surface area contributed by atoms with Gasteiger partial charge in [0, 0.05) is 0 Å². The fourth-order valence-electron chi connectivity index (χ4n) is 6.01. The Morgan fingerprint density at radius 2 is 1.32 bits per heavy atom. The van der Waals surface area contributed by atoms with Gasteiger partial charge in [0.15, 0.2) is 0 Å². The fourth-order valence-corrected chi connectivity index (χ4v) is 14.3. The molecule has 0 N–H and O–H groups in total. The summed E-state index contributed by atoms with van der Waals surface area (Å²) in [5, 5.41) is 0. The van der Waals surface area contributed by atoms with Gasteiger partial charge in [0.2, 0.25) is 0 Å². The zero-order chi connectivity index (χ0) is 24.8. The molecule has 0 radical (unpaired) electrons. The van der Waals surface area contributed by atoms with E-state index in [0.717, 1.165) is 12.8 Å². The van der Waals surface area contributed by atoms with Gasteiger partial charge < -0.3 is 24.8 Å². The van der Waals surface area contributed by atoms with Gasteiger partial charge in [0.1, 0.15) is 0 Å². The van der Waals surface area contributed by atoms with Crippen molar-refractivity contribution in [3.8, 4) is 11.1 Å². The van der Waals surface area contributed by atoms with Crippen LogP contribution in [0.3, 0.4) is 0 Å². The number of benzene rings is 4. The minimum atomic E-state index is -2.59. The van der Waals surface area contributed by atoms with Gasteiger partial charge >= 0.3 is 224 Å². The van der Waals surface area contributed by atoms with Crippen molar-refractivity contribution in [1.82, 2.24) is 0 Å². The smallest absolute Gasteiger partial charge is 1.00 e. The fraction of sp³-hybridized carbons (Fsp3) is 0.171. The second kappa shape index (κ2) is 11.8.